The van der Waals surface area contributed by atoms with Crippen molar-refractivity contribution < 1.29 is 5.11 Å². The van der Waals surface area contributed by atoms with E-state index in [1.54, 1.807) is 0 Å². The molecule has 2 N–H and O–H groups in total. The van der Waals surface area contributed by atoms with E-state index < -0.39 is 5.60 Å². The van der Waals surface area contributed by atoms with Crippen molar-refractivity contribution in [1.29, 1.82) is 0 Å². The van der Waals surface area contributed by atoms with Crippen LogP contribution in [0.3, 0.4) is 0 Å². The fourth-order valence-corrected chi connectivity index (χ4v) is 2.51. The van der Waals surface area contributed by atoms with Crippen molar-refractivity contribution in [3.63, 3.8) is 0 Å². The molecule has 0 bridgehead atoms. The number of hydrogen-bond acceptors (Lipinski definition) is 2. The first-order chi connectivity index (χ1) is 7.10. The quantitative estimate of drug-likeness (QED) is 0.820. The number of rotatable bonds is 2. The predicted molar refractivity (Wildman–Crippen MR) is 69.8 cm³/mol. The van der Waals surface area contributed by atoms with E-state index in [-0.39, 0.29) is 6.04 Å². The standard InChI is InChI=1S/C12H16INO/c1-12(15,11-3-2-8-14-11)9-4-6-10(13)7-5-9/h4-7,11,14-15H,2-3,8H2,1H3. The molecule has 1 saturated heterocycles. The topological polar surface area (TPSA) is 32.3 Å². The largest absolute Gasteiger partial charge is 0.384 e. The minimum atomic E-state index is -0.749. The molecule has 2 unspecified atom stereocenters. The van der Waals surface area contributed by atoms with Crippen LogP contribution in [-0.4, -0.2) is 17.7 Å². The number of benzene rings is 1. The smallest absolute Gasteiger partial charge is 0.102 e. The molecule has 1 aliphatic heterocycles. The second kappa shape index (κ2) is 4.39. The molecule has 0 saturated carbocycles. The molecule has 3 heteroatoms. The third kappa shape index (κ3) is 2.34. The Kier molecular flexibility index (Phi) is 3.33. The first-order valence-electron chi connectivity index (χ1n) is 5.32. The summed E-state index contributed by atoms with van der Waals surface area (Å²) in [5.74, 6) is 0. The Morgan fingerprint density at radius 3 is 2.60 bits per heavy atom. The SMILES string of the molecule is CC(O)(c1ccc(I)cc1)C1CCCN1. The molecule has 1 aromatic rings. The van der Waals surface area contributed by atoms with Gasteiger partial charge in [0.15, 0.2) is 0 Å². The average molecular weight is 317 g/mol. The van der Waals surface area contributed by atoms with Crippen molar-refractivity contribution in [3.05, 3.63) is 33.4 Å². The van der Waals surface area contributed by atoms with Gasteiger partial charge in [-0.2, -0.15) is 0 Å². The third-order valence-corrected chi connectivity index (χ3v) is 3.89. The van der Waals surface area contributed by atoms with E-state index in [4.69, 9.17) is 0 Å². The Labute approximate surface area is 104 Å². The number of halogens is 1. The first-order valence-corrected chi connectivity index (χ1v) is 6.40. The fraction of sp³-hybridized carbons (Fsp3) is 0.500. The molecule has 2 rings (SSSR count). The molecule has 1 heterocycles. The van der Waals surface area contributed by atoms with Crippen LogP contribution in [0.1, 0.15) is 25.3 Å². The van der Waals surface area contributed by atoms with Crippen molar-refractivity contribution >= 4 is 22.6 Å². The fourth-order valence-electron chi connectivity index (χ4n) is 2.15. The summed E-state index contributed by atoms with van der Waals surface area (Å²) in [6, 6.07) is 8.31. The lowest BCUT2D eigenvalue weighted by atomic mass is 9.87. The van der Waals surface area contributed by atoms with Gasteiger partial charge >= 0.3 is 0 Å². The van der Waals surface area contributed by atoms with E-state index in [0.717, 1.165) is 24.9 Å². The van der Waals surface area contributed by atoms with Crippen molar-refractivity contribution in [2.45, 2.75) is 31.4 Å². The maximum absolute atomic E-state index is 10.5. The predicted octanol–water partition coefficient (Wildman–Crippen LogP) is 2.25. The third-order valence-electron chi connectivity index (χ3n) is 3.17. The van der Waals surface area contributed by atoms with E-state index in [2.05, 4.69) is 27.9 Å². The summed E-state index contributed by atoms with van der Waals surface area (Å²) in [6.07, 6.45) is 2.21. The Hall–Kier alpha value is -0.130. The molecule has 2 nitrogen and oxygen atoms in total. The molecule has 2 atom stereocenters. The van der Waals surface area contributed by atoms with Gasteiger partial charge < -0.3 is 10.4 Å². The number of aliphatic hydroxyl groups is 1. The van der Waals surface area contributed by atoms with Crippen LogP contribution in [-0.2, 0) is 5.60 Å². The maximum atomic E-state index is 10.5. The van der Waals surface area contributed by atoms with Gasteiger partial charge in [-0.15, -0.1) is 0 Å². The van der Waals surface area contributed by atoms with Gasteiger partial charge in [-0.25, -0.2) is 0 Å². The highest BCUT2D eigenvalue weighted by Crippen LogP contribution is 2.29. The van der Waals surface area contributed by atoms with Crippen molar-refractivity contribution in [2.24, 2.45) is 0 Å². The molecule has 1 aliphatic rings. The Balaban J connectivity index is 2.23. The minimum absolute atomic E-state index is 0.192. The van der Waals surface area contributed by atoms with Crippen LogP contribution in [0.2, 0.25) is 0 Å². The van der Waals surface area contributed by atoms with Crippen LogP contribution in [0, 0.1) is 3.57 Å². The highest BCUT2D eigenvalue weighted by atomic mass is 127. The molecule has 1 aromatic carbocycles. The molecule has 0 amide bonds. The zero-order valence-electron chi connectivity index (χ0n) is 8.83. The van der Waals surface area contributed by atoms with Gasteiger partial charge in [-0.1, -0.05) is 12.1 Å². The van der Waals surface area contributed by atoms with Crippen LogP contribution in [0.5, 0.6) is 0 Å². The summed E-state index contributed by atoms with van der Waals surface area (Å²) < 4.78 is 1.20. The van der Waals surface area contributed by atoms with Crippen molar-refractivity contribution in [2.75, 3.05) is 6.54 Å². The zero-order valence-corrected chi connectivity index (χ0v) is 11.0. The summed E-state index contributed by atoms with van der Waals surface area (Å²) in [7, 11) is 0. The lowest BCUT2D eigenvalue weighted by Crippen LogP contribution is -2.42. The van der Waals surface area contributed by atoms with Gasteiger partial charge in [0.1, 0.15) is 5.60 Å². The van der Waals surface area contributed by atoms with Crippen LogP contribution in [0.15, 0.2) is 24.3 Å². The summed E-state index contributed by atoms with van der Waals surface area (Å²) in [6.45, 7) is 2.92. The lowest BCUT2D eigenvalue weighted by molar-refractivity contribution is 0.0218. The van der Waals surface area contributed by atoms with Gasteiger partial charge in [0.05, 0.1) is 0 Å². The monoisotopic (exact) mass is 317 g/mol. The van der Waals surface area contributed by atoms with E-state index >= 15 is 0 Å². The summed E-state index contributed by atoms with van der Waals surface area (Å²) in [5, 5.41) is 13.9. The highest BCUT2D eigenvalue weighted by molar-refractivity contribution is 14.1. The van der Waals surface area contributed by atoms with Gasteiger partial charge in [0, 0.05) is 9.61 Å². The van der Waals surface area contributed by atoms with E-state index in [0.29, 0.717) is 0 Å². The molecule has 15 heavy (non-hydrogen) atoms. The maximum Gasteiger partial charge on any atom is 0.102 e. The van der Waals surface area contributed by atoms with E-state index in [1.807, 2.05) is 31.2 Å². The molecule has 0 aromatic heterocycles. The van der Waals surface area contributed by atoms with Crippen LogP contribution < -0.4 is 5.32 Å². The lowest BCUT2D eigenvalue weighted by Gasteiger charge is -2.30. The van der Waals surface area contributed by atoms with Gasteiger partial charge in [-0.3, -0.25) is 0 Å². The summed E-state index contributed by atoms with van der Waals surface area (Å²) in [4.78, 5) is 0. The summed E-state index contributed by atoms with van der Waals surface area (Å²) in [5.41, 5.74) is 0.253. The molecule has 0 spiro atoms. The van der Waals surface area contributed by atoms with Gasteiger partial charge in [0.25, 0.3) is 0 Å². The summed E-state index contributed by atoms with van der Waals surface area (Å²) >= 11 is 2.28. The normalized spacial score (nSPS) is 25.1. The van der Waals surface area contributed by atoms with E-state index in [1.165, 1.54) is 3.57 Å². The molecule has 0 aliphatic carbocycles. The van der Waals surface area contributed by atoms with Crippen LogP contribution in [0.4, 0.5) is 0 Å². The number of hydrogen-bond donors (Lipinski definition) is 2. The average Bonchev–Trinajstić information content (AvgIpc) is 2.71. The van der Waals surface area contributed by atoms with Crippen LogP contribution >= 0.6 is 22.6 Å². The first kappa shape index (κ1) is 11.4. The second-order valence-electron chi connectivity index (χ2n) is 4.30. The second-order valence-corrected chi connectivity index (χ2v) is 5.55. The van der Waals surface area contributed by atoms with Crippen molar-refractivity contribution in [3.8, 4) is 0 Å². The minimum Gasteiger partial charge on any atom is -0.384 e. The van der Waals surface area contributed by atoms with Gasteiger partial charge in [-0.05, 0) is 66.6 Å². The molecule has 0 radical (unpaired) electrons. The Morgan fingerprint density at radius 1 is 1.40 bits per heavy atom. The highest BCUT2D eigenvalue weighted by Gasteiger charge is 2.35. The molecule has 1 fully saturated rings. The Morgan fingerprint density at radius 2 is 2.07 bits per heavy atom. The molecule has 82 valence electrons. The number of nitrogens with one attached hydrogen (secondary N) is 1. The molecular formula is C12H16INO. The molecular weight excluding hydrogens is 301 g/mol. The Bertz CT molecular complexity index is 328. The van der Waals surface area contributed by atoms with Crippen molar-refractivity contribution in [1.82, 2.24) is 5.32 Å². The van der Waals surface area contributed by atoms with Gasteiger partial charge in [0.2, 0.25) is 0 Å². The van der Waals surface area contributed by atoms with Crippen LogP contribution in [0.25, 0.3) is 0 Å². The van der Waals surface area contributed by atoms with E-state index in [9.17, 15) is 5.11 Å². The zero-order chi connectivity index (χ0) is 10.9.